The lowest BCUT2D eigenvalue weighted by molar-refractivity contribution is -0.0501. The number of alkyl halides is 2. The van der Waals surface area contributed by atoms with Gasteiger partial charge in [-0.15, -0.1) is 0 Å². The van der Waals surface area contributed by atoms with Crippen LogP contribution in [0, 0.1) is 0 Å². The molecule has 1 amide bonds. The molecule has 0 saturated carbocycles. The Morgan fingerprint density at radius 1 is 1.21 bits per heavy atom. The van der Waals surface area contributed by atoms with E-state index in [0.29, 0.717) is 34.3 Å². The van der Waals surface area contributed by atoms with Crippen molar-refractivity contribution in [3.63, 3.8) is 0 Å². The summed E-state index contributed by atoms with van der Waals surface area (Å²) in [5.74, 6) is -0.0993. The number of benzene rings is 2. The molecule has 0 bridgehead atoms. The number of hydrogen-bond acceptors (Lipinski definition) is 4. The Morgan fingerprint density at radius 3 is 2.76 bits per heavy atom. The van der Waals surface area contributed by atoms with E-state index in [1.165, 1.54) is 18.2 Å². The minimum atomic E-state index is -3.02. The van der Waals surface area contributed by atoms with E-state index in [2.05, 4.69) is 20.3 Å². The highest BCUT2D eigenvalue weighted by Gasteiger charge is 2.16. The number of H-pyrrole nitrogens is 1. The number of carbonyl (C=O) groups excluding carboxylic acids is 1. The topological polar surface area (TPSA) is 76.2 Å². The molecule has 0 atom stereocenters. The van der Waals surface area contributed by atoms with Gasteiger partial charge in [0.15, 0.2) is 0 Å². The van der Waals surface area contributed by atoms with Gasteiger partial charge in [0.05, 0.1) is 30.1 Å². The van der Waals surface area contributed by atoms with Gasteiger partial charge in [0.2, 0.25) is 0 Å². The first-order valence-corrected chi connectivity index (χ1v) is 9.14. The van der Waals surface area contributed by atoms with Crippen LogP contribution in [0.25, 0.3) is 11.3 Å². The molecule has 29 heavy (non-hydrogen) atoms. The summed E-state index contributed by atoms with van der Waals surface area (Å²) >= 11 is 6.08. The average molecular weight is 422 g/mol. The van der Waals surface area contributed by atoms with Crippen LogP contribution in [-0.2, 0) is 6.54 Å². The lowest BCUT2D eigenvalue weighted by atomic mass is 10.1. The Morgan fingerprint density at radius 2 is 2.00 bits per heavy atom. The third-order valence-electron chi connectivity index (χ3n) is 3.94. The van der Waals surface area contributed by atoms with Crippen LogP contribution < -0.4 is 14.8 Å². The zero-order valence-electron chi connectivity index (χ0n) is 15.4. The van der Waals surface area contributed by atoms with E-state index in [4.69, 9.17) is 16.3 Å². The summed E-state index contributed by atoms with van der Waals surface area (Å²) < 4.78 is 35.0. The highest BCUT2D eigenvalue weighted by Crippen LogP contribution is 2.32. The molecule has 3 rings (SSSR count). The fourth-order valence-electron chi connectivity index (χ4n) is 2.70. The number of nitrogens with zero attached hydrogens (tertiary/aromatic N) is 1. The van der Waals surface area contributed by atoms with Crippen molar-refractivity contribution < 1.29 is 23.0 Å². The number of ether oxygens (including phenoxy) is 2. The predicted molar refractivity (Wildman–Crippen MR) is 104 cm³/mol. The molecule has 0 saturated heterocycles. The van der Waals surface area contributed by atoms with E-state index in [9.17, 15) is 13.6 Å². The maximum Gasteiger partial charge on any atom is 0.387 e. The van der Waals surface area contributed by atoms with Crippen LogP contribution in [-0.4, -0.2) is 29.3 Å². The van der Waals surface area contributed by atoms with Crippen LogP contribution in [0.3, 0.4) is 0 Å². The summed E-state index contributed by atoms with van der Waals surface area (Å²) in [4.78, 5) is 12.4. The lowest BCUT2D eigenvalue weighted by Crippen LogP contribution is -2.24. The largest absolute Gasteiger partial charge is 0.493 e. The van der Waals surface area contributed by atoms with Gasteiger partial charge in [-0.1, -0.05) is 23.7 Å². The van der Waals surface area contributed by atoms with Crippen LogP contribution in [0.4, 0.5) is 8.78 Å². The van der Waals surface area contributed by atoms with Crippen LogP contribution in [0.15, 0.2) is 48.5 Å². The number of carbonyl (C=O) groups is 1. The molecule has 0 radical (unpaired) electrons. The number of halogens is 3. The first kappa shape index (κ1) is 20.6. The SMILES string of the molecule is CCOc1ccc(Cl)cc1-c1cc(CNC(=O)c2ccccc2OC(F)F)[nH]n1. The Balaban J connectivity index is 1.72. The Bertz CT molecular complexity index is 995. The van der Waals surface area contributed by atoms with Crippen molar-refractivity contribution in [1.82, 2.24) is 15.5 Å². The third-order valence-corrected chi connectivity index (χ3v) is 4.17. The molecule has 0 fully saturated rings. The van der Waals surface area contributed by atoms with Gasteiger partial charge in [0.1, 0.15) is 11.5 Å². The van der Waals surface area contributed by atoms with Crippen molar-refractivity contribution in [1.29, 1.82) is 0 Å². The van der Waals surface area contributed by atoms with Gasteiger partial charge >= 0.3 is 6.61 Å². The zero-order chi connectivity index (χ0) is 20.8. The Hall–Kier alpha value is -3.13. The Labute approximate surface area is 170 Å². The third kappa shape index (κ3) is 5.23. The standard InChI is InChI=1S/C20H18ClF2N3O3/c1-2-28-17-8-7-12(21)9-15(17)16-10-13(25-26-16)11-24-19(27)14-5-3-4-6-18(14)29-20(22)23/h3-10,20H,2,11H2,1H3,(H,24,27)(H,25,26). The van der Waals surface area contributed by atoms with E-state index < -0.39 is 12.5 Å². The van der Waals surface area contributed by atoms with E-state index in [1.54, 1.807) is 30.3 Å². The maximum absolute atomic E-state index is 12.5. The molecule has 0 aliphatic carbocycles. The van der Waals surface area contributed by atoms with E-state index in [1.807, 2.05) is 6.92 Å². The summed E-state index contributed by atoms with van der Waals surface area (Å²) in [6, 6.07) is 12.8. The summed E-state index contributed by atoms with van der Waals surface area (Å²) in [5.41, 5.74) is 1.94. The van der Waals surface area contributed by atoms with Gasteiger partial charge in [-0.3, -0.25) is 9.89 Å². The highest BCUT2D eigenvalue weighted by atomic mass is 35.5. The van der Waals surface area contributed by atoms with Crippen molar-refractivity contribution in [3.8, 4) is 22.8 Å². The van der Waals surface area contributed by atoms with Crippen LogP contribution in [0.5, 0.6) is 11.5 Å². The van der Waals surface area contributed by atoms with Crippen molar-refractivity contribution in [2.45, 2.75) is 20.1 Å². The molecule has 2 N–H and O–H groups in total. The number of amides is 1. The minimum absolute atomic E-state index is 0.0148. The van der Waals surface area contributed by atoms with E-state index in [0.717, 1.165) is 0 Å². The molecule has 1 heterocycles. The molecule has 3 aromatic rings. The molecule has 0 unspecified atom stereocenters. The molecule has 9 heteroatoms. The normalized spacial score (nSPS) is 10.8. The maximum atomic E-state index is 12.5. The van der Waals surface area contributed by atoms with Crippen molar-refractivity contribution in [3.05, 3.63) is 64.8 Å². The van der Waals surface area contributed by atoms with Crippen molar-refractivity contribution in [2.24, 2.45) is 0 Å². The van der Waals surface area contributed by atoms with Gasteiger partial charge in [-0.2, -0.15) is 13.9 Å². The van der Waals surface area contributed by atoms with Crippen LogP contribution in [0.1, 0.15) is 23.0 Å². The second kappa shape index (κ2) is 9.38. The van der Waals surface area contributed by atoms with Gasteiger partial charge < -0.3 is 14.8 Å². The number of aromatic amines is 1. The average Bonchev–Trinajstić information content (AvgIpc) is 3.16. The molecule has 0 spiro atoms. The number of rotatable bonds is 8. The summed E-state index contributed by atoms with van der Waals surface area (Å²) in [6.45, 7) is -0.544. The molecule has 6 nitrogen and oxygen atoms in total. The second-order valence-electron chi connectivity index (χ2n) is 5.91. The number of aromatic nitrogens is 2. The summed E-state index contributed by atoms with van der Waals surface area (Å²) in [5, 5.41) is 10.3. The van der Waals surface area contributed by atoms with Gasteiger partial charge in [-0.05, 0) is 43.3 Å². The number of nitrogens with one attached hydrogen (secondary N) is 2. The summed E-state index contributed by atoms with van der Waals surface area (Å²) in [7, 11) is 0. The molecule has 1 aromatic heterocycles. The second-order valence-corrected chi connectivity index (χ2v) is 6.35. The lowest BCUT2D eigenvalue weighted by Gasteiger charge is -2.10. The van der Waals surface area contributed by atoms with Crippen LogP contribution in [0.2, 0.25) is 5.02 Å². The van der Waals surface area contributed by atoms with E-state index >= 15 is 0 Å². The smallest absolute Gasteiger partial charge is 0.387 e. The molecule has 0 aliphatic heterocycles. The van der Waals surface area contributed by atoms with E-state index in [-0.39, 0.29) is 17.9 Å². The quantitative estimate of drug-likeness (QED) is 0.554. The molecule has 0 aliphatic rings. The predicted octanol–water partition coefficient (Wildman–Crippen LogP) is 4.66. The Kier molecular flexibility index (Phi) is 6.66. The van der Waals surface area contributed by atoms with Gasteiger partial charge in [-0.25, -0.2) is 0 Å². The van der Waals surface area contributed by atoms with Gasteiger partial charge in [0.25, 0.3) is 5.91 Å². The zero-order valence-corrected chi connectivity index (χ0v) is 16.2. The minimum Gasteiger partial charge on any atom is -0.493 e. The first-order valence-electron chi connectivity index (χ1n) is 8.77. The first-order chi connectivity index (χ1) is 14.0. The number of para-hydroxylation sites is 1. The monoisotopic (exact) mass is 421 g/mol. The summed E-state index contributed by atoms with van der Waals surface area (Å²) in [6.07, 6.45) is 0. The van der Waals surface area contributed by atoms with Crippen LogP contribution >= 0.6 is 11.6 Å². The molecular formula is C20H18ClF2N3O3. The molecule has 2 aromatic carbocycles. The highest BCUT2D eigenvalue weighted by molar-refractivity contribution is 6.30. The van der Waals surface area contributed by atoms with Crippen molar-refractivity contribution in [2.75, 3.05) is 6.61 Å². The number of hydrogen-bond donors (Lipinski definition) is 2. The molecule has 152 valence electrons. The fourth-order valence-corrected chi connectivity index (χ4v) is 2.87. The molecular weight excluding hydrogens is 404 g/mol. The van der Waals surface area contributed by atoms with Gasteiger partial charge in [0, 0.05) is 10.6 Å². The van der Waals surface area contributed by atoms with Crippen molar-refractivity contribution >= 4 is 17.5 Å². The fraction of sp³-hybridized carbons (Fsp3) is 0.200.